The summed E-state index contributed by atoms with van der Waals surface area (Å²) in [5.74, 6) is -0.126. The number of H-pyrrole nitrogens is 1. The summed E-state index contributed by atoms with van der Waals surface area (Å²) >= 11 is 0. The number of ketones is 1. The van der Waals surface area contributed by atoms with Crippen LogP contribution in [0.1, 0.15) is 52.0 Å². The Morgan fingerprint density at radius 3 is 2.42 bits per heavy atom. The van der Waals surface area contributed by atoms with E-state index in [1.165, 1.54) is 12.5 Å². The molecule has 0 unspecified atom stereocenters. The Kier molecular flexibility index (Phi) is 5.54. The fourth-order valence-electron chi connectivity index (χ4n) is 2.99. The van der Waals surface area contributed by atoms with E-state index in [0.29, 0.717) is 17.8 Å². The van der Waals surface area contributed by atoms with Crippen molar-refractivity contribution in [1.82, 2.24) is 25.3 Å². The zero-order valence-electron chi connectivity index (χ0n) is 15.0. The van der Waals surface area contributed by atoms with Crippen molar-refractivity contribution in [1.29, 1.82) is 0 Å². The molecule has 24 heavy (non-hydrogen) atoms. The molecule has 0 fully saturated rings. The second-order valence-electron chi connectivity index (χ2n) is 6.13. The van der Waals surface area contributed by atoms with Crippen LogP contribution < -0.4 is 5.32 Å². The monoisotopic (exact) mass is 331 g/mol. The molecule has 0 aliphatic heterocycles. The molecule has 2 rings (SSSR count). The van der Waals surface area contributed by atoms with Gasteiger partial charge in [0.2, 0.25) is 5.91 Å². The van der Waals surface area contributed by atoms with E-state index in [4.69, 9.17) is 0 Å². The van der Waals surface area contributed by atoms with Gasteiger partial charge in [-0.15, -0.1) is 0 Å². The standard InChI is InChI=1S/C17H25N5O2/c1-10-15(11(2)20-19-10)7-6-8-18-16(24)9-22-13(4)17(14(5)23)12(3)21-22/h6-9H2,1-5H3,(H,18,24)(H,19,20). The number of hydrogen-bond donors (Lipinski definition) is 2. The minimum absolute atomic E-state index is 0.0255. The molecule has 2 aromatic rings. The molecular weight excluding hydrogens is 306 g/mol. The van der Waals surface area contributed by atoms with Crippen molar-refractivity contribution in [2.45, 2.75) is 54.0 Å². The van der Waals surface area contributed by atoms with Crippen molar-refractivity contribution < 1.29 is 9.59 Å². The summed E-state index contributed by atoms with van der Waals surface area (Å²) in [5, 5.41) is 14.3. The third-order valence-electron chi connectivity index (χ3n) is 4.23. The lowest BCUT2D eigenvalue weighted by molar-refractivity contribution is -0.121. The fraction of sp³-hybridized carbons (Fsp3) is 0.529. The Morgan fingerprint density at radius 1 is 1.17 bits per heavy atom. The second-order valence-corrected chi connectivity index (χ2v) is 6.13. The Bertz CT molecular complexity index is 738. The van der Waals surface area contributed by atoms with Crippen molar-refractivity contribution in [2.24, 2.45) is 0 Å². The van der Waals surface area contributed by atoms with Crippen LogP contribution in [0.5, 0.6) is 0 Å². The number of aryl methyl sites for hydroxylation is 3. The van der Waals surface area contributed by atoms with Crippen LogP contribution in [0, 0.1) is 27.7 Å². The number of hydrogen-bond acceptors (Lipinski definition) is 4. The molecule has 0 saturated carbocycles. The molecule has 0 atom stereocenters. The maximum Gasteiger partial charge on any atom is 0.241 e. The normalized spacial score (nSPS) is 10.9. The van der Waals surface area contributed by atoms with Crippen LogP contribution in [0.2, 0.25) is 0 Å². The zero-order chi connectivity index (χ0) is 17.9. The van der Waals surface area contributed by atoms with Gasteiger partial charge in [-0.1, -0.05) is 0 Å². The van der Waals surface area contributed by atoms with Gasteiger partial charge >= 0.3 is 0 Å². The van der Waals surface area contributed by atoms with Crippen LogP contribution in [0.4, 0.5) is 0 Å². The zero-order valence-corrected chi connectivity index (χ0v) is 15.0. The van der Waals surface area contributed by atoms with Crippen LogP contribution >= 0.6 is 0 Å². The molecule has 0 aliphatic carbocycles. The summed E-state index contributed by atoms with van der Waals surface area (Å²) in [5.41, 5.74) is 5.32. The van der Waals surface area contributed by atoms with Crippen LogP contribution in [-0.4, -0.2) is 38.2 Å². The van der Waals surface area contributed by atoms with Crippen molar-refractivity contribution in [3.05, 3.63) is 33.9 Å². The van der Waals surface area contributed by atoms with E-state index in [1.54, 1.807) is 11.6 Å². The van der Waals surface area contributed by atoms with Crippen molar-refractivity contribution >= 4 is 11.7 Å². The van der Waals surface area contributed by atoms with Gasteiger partial charge in [-0.3, -0.25) is 19.4 Å². The van der Waals surface area contributed by atoms with E-state index in [2.05, 4.69) is 20.6 Å². The molecule has 130 valence electrons. The van der Waals surface area contributed by atoms with E-state index in [1.807, 2.05) is 20.8 Å². The predicted molar refractivity (Wildman–Crippen MR) is 91.1 cm³/mol. The topological polar surface area (TPSA) is 92.7 Å². The fourth-order valence-corrected chi connectivity index (χ4v) is 2.99. The second kappa shape index (κ2) is 7.42. The number of carbonyl (C=O) groups excluding carboxylic acids is 2. The SMILES string of the molecule is CC(=O)c1c(C)nn(CC(=O)NCCCc2c(C)n[nH]c2C)c1C. The molecule has 2 aromatic heterocycles. The largest absolute Gasteiger partial charge is 0.354 e. The summed E-state index contributed by atoms with van der Waals surface area (Å²) in [7, 11) is 0. The molecule has 0 bridgehead atoms. The number of nitrogens with one attached hydrogen (secondary N) is 2. The molecule has 0 spiro atoms. The van der Waals surface area contributed by atoms with E-state index >= 15 is 0 Å². The van der Waals surface area contributed by atoms with Crippen LogP contribution in [0.25, 0.3) is 0 Å². The Morgan fingerprint density at radius 2 is 1.88 bits per heavy atom. The average molecular weight is 331 g/mol. The summed E-state index contributed by atoms with van der Waals surface area (Å²) < 4.78 is 1.59. The van der Waals surface area contributed by atoms with Crippen molar-refractivity contribution in [3.8, 4) is 0 Å². The van der Waals surface area contributed by atoms with Crippen molar-refractivity contribution in [3.63, 3.8) is 0 Å². The lowest BCUT2D eigenvalue weighted by Gasteiger charge is -2.07. The lowest BCUT2D eigenvalue weighted by atomic mass is 10.1. The van der Waals surface area contributed by atoms with Crippen LogP contribution in [0.3, 0.4) is 0 Å². The number of rotatable bonds is 7. The number of carbonyl (C=O) groups is 2. The van der Waals surface area contributed by atoms with Crippen LogP contribution in [-0.2, 0) is 17.8 Å². The Balaban J connectivity index is 1.84. The minimum atomic E-state index is -0.101. The van der Waals surface area contributed by atoms with Gasteiger partial charge in [0.05, 0.1) is 17.0 Å². The number of nitrogens with zero attached hydrogens (tertiary/aromatic N) is 3. The quantitative estimate of drug-likeness (QED) is 0.597. The summed E-state index contributed by atoms with van der Waals surface area (Å²) in [6.45, 7) is 9.82. The lowest BCUT2D eigenvalue weighted by Crippen LogP contribution is -2.29. The summed E-state index contributed by atoms with van der Waals surface area (Å²) in [6, 6.07) is 0. The van der Waals surface area contributed by atoms with Gasteiger partial charge in [0.25, 0.3) is 0 Å². The molecule has 0 aliphatic rings. The first-order chi connectivity index (χ1) is 11.3. The van der Waals surface area contributed by atoms with Gasteiger partial charge in [0.15, 0.2) is 5.78 Å². The van der Waals surface area contributed by atoms with E-state index < -0.39 is 0 Å². The molecule has 2 N–H and O–H groups in total. The molecule has 1 amide bonds. The number of amides is 1. The molecule has 0 saturated heterocycles. The summed E-state index contributed by atoms with van der Waals surface area (Å²) in [4.78, 5) is 23.7. The van der Waals surface area contributed by atoms with Gasteiger partial charge in [0, 0.05) is 17.9 Å². The van der Waals surface area contributed by atoms with E-state index in [0.717, 1.165) is 29.9 Å². The highest BCUT2D eigenvalue weighted by Gasteiger charge is 2.16. The predicted octanol–water partition coefficient (Wildman–Crippen LogP) is 1.79. The number of aromatic nitrogens is 4. The highest BCUT2D eigenvalue weighted by molar-refractivity contribution is 5.96. The minimum Gasteiger partial charge on any atom is -0.354 e. The first kappa shape index (κ1) is 17.9. The molecule has 0 radical (unpaired) electrons. The maximum atomic E-state index is 12.1. The Hall–Kier alpha value is -2.44. The van der Waals surface area contributed by atoms with E-state index in [9.17, 15) is 9.59 Å². The van der Waals surface area contributed by atoms with E-state index in [-0.39, 0.29) is 18.2 Å². The Labute approximate surface area is 141 Å². The molecule has 2 heterocycles. The third-order valence-corrected chi connectivity index (χ3v) is 4.23. The molecule has 7 nitrogen and oxygen atoms in total. The van der Waals surface area contributed by atoms with Crippen LogP contribution in [0.15, 0.2) is 0 Å². The van der Waals surface area contributed by atoms with Crippen molar-refractivity contribution in [2.75, 3.05) is 6.54 Å². The molecule has 0 aromatic carbocycles. The molecular formula is C17H25N5O2. The summed E-state index contributed by atoms with van der Waals surface area (Å²) in [6.07, 6.45) is 1.73. The molecule has 7 heteroatoms. The smallest absolute Gasteiger partial charge is 0.241 e. The number of aromatic amines is 1. The van der Waals surface area contributed by atoms with Gasteiger partial charge < -0.3 is 5.32 Å². The average Bonchev–Trinajstić information content (AvgIpc) is 2.96. The maximum absolute atomic E-state index is 12.1. The highest BCUT2D eigenvalue weighted by atomic mass is 16.2. The highest BCUT2D eigenvalue weighted by Crippen LogP contribution is 2.13. The number of Topliss-reactive ketones (excluding diaryl/α,β-unsaturated/α-hetero) is 1. The first-order valence-electron chi connectivity index (χ1n) is 8.13. The van der Waals surface area contributed by atoms with Gasteiger partial charge in [-0.25, -0.2) is 0 Å². The van der Waals surface area contributed by atoms with Gasteiger partial charge in [0.1, 0.15) is 6.54 Å². The van der Waals surface area contributed by atoms with Gasteiger partial charge in [-0.2, -0.15) is 10.2 Å². The first-order valence-corrected chi connectivity index (χ1v) is 8.13. The third kappa shape index (κ3) is 3.90. The van der Waals surface area contributed by atoms with Gasteiger partial charge in [-0.05, 0) is 53.0 Å².